The highest BCUT2D eigenvalue weighted by molar-refractivity contribution is 4.79. The highest BCUT2D eigenvalue weighted by Gasteiger charge is 2.14. The predicted molar refractivity (Wildman–Crippen MR) is 27.8 cm³/mol. The smallest absolute Gasteiger partial charge is 0.101 e. The minimum Gasteiger partial charge on any atom is -0.251 e. The first-order valence-corrected chi connectivity index (χ1v) is 2.25. The van der Waals surface area contributed by atoms with E-state index in [-0.39, 0.29) is 0 Å². The maximum absolute atomic E-state index is 8.06. The van der Waals surface area contributed by atoms with Crippen molar-refractivity contribution in [3.8, 4) is 0 Å². The van der Waals surface area contributed by atoms with E-state index in [2.05, 4.69) is 4.89 Å². The second-order valence-corrected chi connectivity index (χ2v) is 1.98. The number of rotatable bonds is 2. The summed E-state index contributed by atoms with van der Waals surface area (Å²) >= 11 is 0. The lowest BCUT2D eigenvalue weighted by Crippen LogP contribution is -2.21. The minimum absolute atomic E-state index is 0.486. The van der Waals surface area contributed by atoms with Gasteiger partial charge in [-0.05, 0) is 20.3 Å². The molecule has 0 aliphatic carbocycles. The normalized spacial score (nSPS) is 12.0. The first-order chi connectivity index (χ1) is 3.12. The van der Waals surface area contributed by atoms with E-state index in [4.69, 9.17) is 5.26 Å². The molecule has 2 heteroatoms. The zero-order valence-electron chi connectivity index (χ0n) is 4.93. The zero-order chi connectivity index (χ0) is 5.91. The average Bonchev–Trinajstić information content (AvgIpc) is 1.68. The second-order valence-electron chi connectivity index (χ2n) is 1.98. The molecular formula is C5H11O2. The van der Waals surface area contributed by atoms with Gasteiger partial charge in [0.1, 0.15) is 5.60 Å². The third-order valence-electron chi connectivity index (χ3n) is 0.930. The second kappa shape index (κ2) is 2.28. The summed E-state index contributed by atoms with van der Waals surface area (Å²) in [6.07, 6.45) is 1.77. The molecule has 0 heterocycles. The van der Waals surface area contributed by atoms with Crippen LogP contribution in [0.15, 0.2) is 0 Å². The maximum atomic E-state index is 8.06. The van der Waals surface area contributed by atoms with Crippen molar-refractivity contribution < 1.29 is 10.1 Å². The molecule has 0 fully saturated rings. The Morgan fingerprint density at radius 3 is 2.00 bits per heavy atom. The molecule has 0 bridgehead atoms. The van der Waals surface area contributed by atoms with Crippen LogP contribution >= 0.6 is 0 Å². The van der Waals surface area contributed by atoms with Crippen molar-refractivity contribution in [2.75, 3.05) is 0 Å². The van der Waals surface area contributed by atoms with Gasteiger partial charge >= 0.3 is 0 Å². The molecule has 0 saturated heterocycles. The van der Waals surface area contributed by atoms with E-state index in [1.54, 1.807) is 20.3 Å². The summed E-state index contributed by atoms with van der Waals surface area (Å²) in [5.41, 5.74) is -0.486. The van der Waals surface area contributed by atoms with Crippen LogP contribution in [0.4, 0.5) is 0 Å². The van der Waals surface area contributed by atoms with Crippen LogP contribution in [-0.4, -0.2) is 10.9 Å². The standard InChI is InChI=1S/C5H11O2/c1-4-5(2,3)7-6/h4,6H,1-3H3. The molecule has 7 heavy (non-hydrogen) atoms. The molecule has 0 saturated carbocycles. The van der Waals surface area contributed by atoms with Crippen molar-refractivity contribution in [1.82, 2.24) is 0 Å². The lowest BCUT2D eigenvalue weighted by Gasteiger charge is -2.15. The van der Waals surface area contributed by atoms with Crippen molar-refractivity contribution in [3.05, 3.63) is 6.42 Å². The number of hydrogen-bond donors (Lipinski definition) is 1. The molecule has 1 N–H and O–H groups in total. The first-order valence-electron chi connectivity index (χ1n) is 2.25. The van der Waals surface area contributed by atoms with E-state index in [1.165, 1.54) is 0 Å². The molecule has 0 aromatic rings. The van der Waals surface area contributed by atoms with Crippen LogP contribution < -0.4 is 0 Å². The van der Waals surface area contributed by atoms with E-state index in [0.29, 0.717) is 0 Å². The van der Waals surface area contributed by atoms with Gasteiger partial charge in [0.2, 0.25) is 0 Å². The monoisotopic (exact) mass is 103 g/mol. The van der Waals surface area contributed by atoms with Crippen molar-refractivity contribution in [2.24, 2.45) is 0 Å². The molecule has 43 valence electrons. The van der Waals surface area contributed by atoms with Crippen LogP contribution in [0, 0.1) is 6.42 Å². The SMILES string of the molecule is C[CH]C(C)(C)OO. The highest BCUT2D eigenvalue weighted by Crippen LogP contribution is 2.08. The Morgan fingerprint density at radius 1 is 1.57 bits per heavy atom. The van der Waals surface area contributed by atoms with Crippen LogP contribution in [0.2, 0.25) is 0 Å². The summed E-state index contributed by atoms with van der Waals surface area (Å²) in [5.74, 6) is 0. The molecule has 0 unspecified atom stereocenters. The maximum Gasteiger partial charge on any atom is 0.101 e. The van der Waals surface area contributed by atoms with Gasteiger partial charge < -0.3 is 0 Å². The Labute approximate surface area is 44.0 Å². The fourth-order valence-corrected chi connectivity index (χ4v) is 0.0527. The highest BCUT2D eigenvalue weighted by atomic mass is 17.1. The zero-order valence-corrected chi connectivity index (χ0v) is 4.93. The average molecular weight is 103 g/mol. The first kappa shape index (κ1) is 6.92. The van der Waals surface area contributed by atoms with Crippen LogP contribution in [-0.2, 0) is 4.89 Å². The fourth-order valence-electron chi connectivity index (χ4n) is 0.0527. The molecular weight excluding hydrogens is 92.1 g/mol. The van der Waals surface area contributed by atoms with Gasteiger partial charge in [0.05, 0.1) is 0 Å². The van der Waals surface area contributed by atoms with E-state index >= 15 is 0 Å². The summed E-state index contributed by atoms with van der Waals surface area (Å²) < 4.78 is 0. The molecule has 1 radical (unpaired) electrons. The Hall–Kier alpha value is -0.0800. The molecule has 0 aliphatic heterocycles. The summed E-state index contributed by atoms with van der Waals surface area (Å²) in [6, 6.07) is 0. The molecule has 0 amide bonds. The lowest BCUT2D eigenvalue weighted by atomic mass is 10.1. The van der Waals surface area contributed by atoms with Gasteiger partial charge in [0.25, 0.3) is 0 Å². The summed E-state index contributed by atoms with van der Waals surface area (Å²) in [4.78, 5) is 4.03. The minimum atomic E-state index is -0.486. The summed E-state index contributed by atoms with van der Waals surface area (Å²) in [5, 5.41) is 8.06. The van der Waals surface area contributed by atoms with Crippen LogP contribution in [0.1, 0.15) is 20.8 Å². The fraction of sp³-hybridized carbons (Fsp3) is 0.800. The van der Waals surface area contributed by atoms with Gasteiger partial charge in [0.15, 0.2) is 0 Å². The molecule has 0 aromatic carbocycles. The van der Waals surface area contributed by atoms with Crippen molar-refractivity contribution in [1.29, 1.82) is 0 Å². The van der Waals surface area contributed by atoms with Gasteiger partial charge in [-0.3, -0.25) is 5.26 Å². The summed E-state index contributed by atoms with van der Waals surface area (Å²) in [6.45, 7) is 5.37. The largest absolute Gasteiger partial charge is 0.251 e. The predicted octanol–water partition coefficient (Wildman–Crippen LogP) is 1.48. The Morgan fingerprint density at radius 2 is 2.00 bits per heavy atom. The lowest BCUT2D eigenvalue weighted by molar-refractivity contribution is -0.301. The van der Waals surface area contributed by atoms with Crippen molar-refractivity contribution in [3.63, 3.8) is 0 Å². The Balaban J connectivity index is 3.36. The Bertz CT molecular complexity index is 44.0. The van der Waals surface area contributed by atoms with Gasteiger partial charge in [0, 0.05) is 0 Å². The molecule has 0 spiro atoms. The third kappa shape index (κ3) is 2.60. The molecule has 0 rings (SSSR count). The van der Waals surface area contributed by atoms with E-state index in [0.717, 1.165) is 0 Å². The topological polar surface area (TPSA) is 29.5 Å². The van der Waals surface area contributed by atoms with E-state index in [9.17, 15) is 0 Å². The Kier molecular flexibility index (Phi) is 2.26. The molecule has 0 atom stereocenters. The van der Waals surface area contributed by atoms with Gasteiger partial charge in [-0.15, -0.1) is 0 Å². The van der Waals surface area contributed by atoms with Crippen LogP contribution in [0.5, 0.6) is 0 Å². The van der Waals surface area contributed by atoms with Gasteiger partial charge in [-0.2, -0.15) is 0 Å². The molecule has 2 nitrogen and oxygen atoms in total. The summed E-state index contributed by atoms with van der Waals surface area (Å²) in [7, 11) is 0. The quantitative estimate of drug-likeness (QED) is 0.423. The molecule has 0 aromatic heterocycles. The number of hydrogen-bond acceptors (Lipinski definition) is 2. The molecule has 0 aliphatic rings. The van der Waals surface area contributed by atoms with Crippen LogP contribution in [0.25, 0.3) is 0 Å². The van der Waals surface area contributed by atoms with E-state index in [1.807, 2.05) is 6.92 Å². The van der Waals surface area contributed by atoms with Crippen molar-refractivity contribution in [2.45, 2.75) is 26.4 Å². The van der Waals surface area contributed by atoms with Crippen molar-refractivity contribution >= 4 is 0 Å². The van der Waals surface area contributed by atoms with Gasteiger partial charge in [-0.1, -0.05) is 6.92 Å². The third-order valence-corrected chi connectivity index (χ3v) is 0.930. The van der Waals surface area contributed by atoms with E-state index < -0.39 is 5.60 Å². The van der Waals surface area contributed by atoms with Crippen LogP contribution in [0.3, 0.4) is 0 Å². The van der Waals surface area contributed by atoms with Gasteiger partial charge in [-0.25, -0.2) is 4.89 Å².